The highest BCUT2D eigenvalue weighted by molar-refractivity contribution is 5.28. The first-order valence-electron chi connectivity index (χ1n) is 7.17. The second-order valence-corrected chi connectivity index (χ2v) is 5.62. The number of phenols is 1. The minimum absolute atomic E-state index is 0.243. The fourth-order valence-corrected chi connectivity index (χ4v) is 3.27. The molecule has 1 fully saturated rings. The lowest BCUT2D eigenvalue weighted by atomic mass is 9.76. The van der Waals surface area contributed by atoms with Crippen LogP contribution >= 0.6 is 0 Å². The first-order chi connectivity index (χ1) is 8.70. The number of phenolic OH excluding ortho intramolecular Hbond substituents is 1. The molecule has 1 aliphatic carbocycles. The van der Waals surface area contributed by atoms with E-state index in [1.807, 2.05) is 6.07 Å². The van der Waals surface area contributed by atoms with Crippen molar-refractivity contribution in [3.8, 4) is 5.75 Å². The van der Waals surface area contributed by atoms with Gasteiger partial charge in [-0.2, -0.15) is 0 Å². The summed E-state index contributed by atoms with van der Waals surface area (Å²) in [5.41, 5.74) is 0.858. The normalized spacial score (nSPS) is 25.9. The summed E-state index contributed by atoms with van der Waals surface area (Å²) < 4.78 is 0. The van der Waals surface area contributed by atoms with Crippen LogP contribution in [0, 0.1) is 11.8 Å². The van der Waals surface area contributed by atoms with Gasteiger partial charge in [0.25, 0.3) is 0 Å². The highest BCUT2D eigenvalue weighted by Gasteiger charge is 2.27. The topological polar surface area (TPSA) is 40.5 Å². The van der Waals surface area contributed by atoms with Gasteiger partial charge in [0.1, 0.15) is 5.75 Å². The molecule has 3 atom stereocenters. The minimum Gasteiger partial charge on any atom is -0.508 e. The molecule has 1 aromatic rings. The number of rotatable bonds is 4. The smallest absolute Gasteiger partial charge is 0.115 e. The van der Waals surface area contributed by atoms with Gasteiger partial charge >= 0.3 is 0 Å². The standard InChI is InChI=1S/C16H24O2/c1-2-5-12-6-3-7-13(10-12)16(18)14-8-4-9-15(17)11-14/h4,8-9,11-13,16-18H,2-3,5-7,10H2,1H3/t12-,13-,16+/m0/s1. The zero-order valence-electron chi connectivity index (χ0n) is 11.2. The maximum Gasteiger partial charge on any atom is 0.115 e. The summed E-state index contributed by atoms with van der Waals surface area (Å²) in [5, 5.41) is 19.9. The van der Waals surface area contributed by atoms with E-state index >= 15 is 0 Å². The molecule has 1 aromatic carbocycles. The molecule has 0 spiro atoms. The van der Waals surface area contributed by atoms with Gasteiger partial charge in [0, 0.05) is 0 Å². The summed E-state index contributed by atoms with van der Waals surface area (Å²) in [4.78, 5) is 0. The molecule has 1 aliphatic rings. The second-order valence-electron chi connectivity index (χ2n) is 5.62. The molecular weight excluding hydrogens is 224 g/mol. The van der Waals surface area contributed by atoms with Gasteiger partial charge in [-0.05, 0) is 42.4 Å². The van der Waals surface area contributed by atoms with Gasteiger partial charge in [0.2, 0.25) is 0 Å². The molecule has 2 nitrogen and oxygen atoms in total. The van der Waals surface area contributed by atoms with E-state index in [0.29, 0.717) is 5.92 Å². The number of benzene rings is 1. The summed E-state index contributed by atoms with van der Waals surface area (Å²) in [7, 11) is 0. The van der Waals surface area contributed by atoms with Crippen molar-refractivity contribution in [1.29, 1.82) is 0 Å². The van der Waals surface area contributed by atoms with E-state index in [9.17, 15) is 10.2 Å². The SMILES string of the molecule is CCC[C@H]1CCC[C@H]([C@@H](O)c2cccc(O)c2)C1. The minimum atomic E-state index is -0.420. The number of hydrogen-bond acceptors (Lipinski definition) is 2. The number of hydrogen-bond donors (Lipinski definition) is 2. The third-order valence-electron chi connectivity index (χ3n) is 4.18. The van der Waals surface area contributed by atoms with Crippen molar-refractivity contribution in [3.63, 3.8) is 0 Å². The van der Waals surface area contributed by atoms with Crippen LogP contribution in [-0.2, 0) is 0 Å². The monoisotopic (exact) mass is 248 g/mol. The van der Waals surface area contributed by atoms with E-state index in [1.165, 1.54) is 25.7 Å². The largest absolute Gasteiger partial charge is 0.508 e. The van der Waals surface area contributed by atoms with Crippen LogP contribution in [0.15, 0.2) is 24.3 Å². The summed E-state index contributed by atoms with van der Waals surface area (Å²) in [5.74, 6) is 1.38. The maximum absolute atomic E-state index is 10.4. The molecule has 0 amide bonds. The quantitative estimate of drug-likeness (QED) is 0.844. The molecule has 2 N–H and O–H groups in total. The van der Waals surface area contributed by atoms with Gasteiger partial charge < -0.3 is 10.2 Å². The Morgan fingerprint density at radius 2 is 2.17 bits per heavy atom. The molecule has 100 valence electrons. The summed E-state index contributed by atoms with van der Waals surface area (Å²) in [6.45, 7) is 2.23. The van der Waals surface area contributed by atoms with Crippen LogP contribution in [-0.4, -0.2) is 10.2 Å². The van der Waals surface area contributed by atoms with Crippen molar-refractivity contribution < 1.29 is 10.2 Å². The average molecular weight is 248 g/mol. The van der Waals surface area contributed by atoms with Crippen molar-refractivity contribution in [2.24, 2.45) is 11.8 Å². The molecule has 0 bridgehead atoms. The van der Waals surface area contributed by atoms with Crippen molar-refractivity contribution in [2.45, 2.75) is 51.6 Å². The van der Waals surface area contributed by atoms with E-state index in [2.05, 4.69) is 6.92 Å². The molecule has 0 saturated heterocycles. The average Bonchev–Trinajstić information content (AvgIpc) is 2.39. The molecule has 0 radical (unpaired) electrons. The molecule has 18 heavy (non-hydrogen) atoms. The number of aliphatic hydroxyl groups excluding tert-OH is 1. The predicted octanol–water partition coefficient (Wildman–Crippen LogP) is 4.03. The molecule has 2 rings (SSSR count). The van der Waals surface area contributed by atoms with E-state index in [1.54, 1.807) is 18.2 Å². The second kappa shape index (κ2) is 6.24. The van der Waals surface area contributed by atoms with Crippen LogP contribution in [0.2, 0.25) is 0 Å². The Morgan fingerprint density at radius 3 is 2.89 bits per heavy atom. The van der Waals surface area contributed by atoms with E-state index in [4.69, 9.17) is 0 Å². The Labute approximate surface area is 110 Å². The summed E-state index contributed by atoms with van der Waals surface area (Å²) >= 11 is 0. The third kappa shape index (κ3) is 3.26. The Balaban J connectivity index is 2.02. The first-order valence-corrected chi connectivity index (χ1v) is 7.17. The van der Waals surface area contributed by atoms with Crippen molar-refractivity contribution in [1.82, 2.24) is 0 Å². The molecule has 1 saturated carbocycles. The number of aliphatic hydroxyl groups is 1. The molecule has 0 heterocycles. The lowest BCUT2D eigenvalue weighted by Crippen LogP contribution is -2.21. The highest BCUT2D eigenvalue weighted by atomic mass is 16.3. The lowest BCUT2D eigenvalue weighted by Gasteiger charge is -2.32. The fourth-order valence-electron chi connectivity index (χ4n) is 3.27. The van der Waals surface area contributed by atoms with Gasteiger partial charge in [-0.15, -0.1) is 0 Å². The molecule has 0 aliphatic heterocycles. The van der Waals surface area contributed by atoms with Gasteiger partial charge in [-0.3, -0.25) is 0 Å². The Hall–Kier alpha value is -1.02. The summed E-state index contributed by atoms with van der Waals surface area (Å²) in [6, 6.07) is 7.05. The van der Waals surface area contributed by atoms with Crippen molar-refractivity contribution >= 4 is 0 Å². The van der Waals surface area contributed by atoms with Gasteiger partial charge in [0.15, 0.2) is 0 Å². The van der Waals surface area contributed by atoms with Crippen LogP contribution in [0.25, 0.3) is 0 Å². The van der Waals surface area contributed by atoms with Crippen LogP contribution in [0.3, 0.4) is 0 Å². The zero-order valence-corrected chi connectivity index (χ0v) is 11.2. The van der Waals surface area contributed by atoms with E-state index < -0.39 is 6.10 Å². The predicted molar refractivity (Wildman–Crippen MR) is 73.4 cm³/mol. The molecule has 2 heteroatoms. The van der Waals surface area contributed by atoms with Crippen LogP contribution in [0.1, 0.15) is 57.1 Å². The first kappa shape index (κ1) is 13.4. The highest BCUT2D eigenvalue weighted by Crippen LogP contribution is 2.39. The third-order valence-corrected chi connectivity index (χ3v) is 4.18. The molecule has 0 unspecified atom stereocenters. The van der Waals surface area contributed by atoms with Crippen molar-refractivity contribution in [2.75, 3.05) is 0 Å². The van der Waals surface area contributed by atoms with Crippen LogP contribution in [0.4, 0.5) is 0 Å². The van der Waals surface area contributed by atoms with Gasteiger partial charge in [-0.1, -0.05) is 44.7 Å². The molecular formula is C16H24O2. The molecule has 0 aromatic heterocycles. The Bertz CT molecular complexity index is 373. The van der Waals surface area contributed by atoms with E-state index in [0.717, 1.165) is 24.3 Å². The van der Waals surface area contributed by atoms with Gasteiger partial charge in [-0.25, -0.2) is 0 Å². The van der Waals surface area contributed by atoms with Crippen LogP contribution < -0.4 is 0 Å². The fraction of sp³-hybridized carbons (Fsp3) is 0.625. The number of aromatic hydroxyl groups is 1. The zero-order chi connectivity index (χ0) is 13.0. The Kier molecular flexibility index (Phi) is 4.65. The van der Waals surface area contributed by atoms with Gasteiger partial charge in [0.05, 0.1) is 6.10 Å². The van der Waals surface area contributed by atoms with E-state index in [-0.39, 0.29) is 5.75 Å². The lowest BCUT2D eigenvalue weighted by molar-refractivity contribution is 0.0666. The van der Waals surface area contributed by atoms with Crippen LogP contribution in [0.5, 0.6) is 5.75 Å². The Morgan fingerprint density at radius 1 is 1.33 bits per heavy atom. The summed E-state index contributed by atoms with van der Waals surface area (Å²) in [6.07, 6.45) is 6.88. The van der Waals surface area contributed by atoms with Crippen molar-refractivity contribution in [3.05, 3.63) is 29.8 Å². The maximum atomic E-state index is 10.4.